The Morgan fingerprint density at radius 3 is 2.78 bits per heavy atom. The fraction of sp³-hybridized carbons (Fsp3) is 0.727. The molecule has 0 atom stereocenters. The average Bonchev–Trinajstić information content (AvgIpc) is 2.78. The van der Waals surface area contributed by atoms with Crippen LogP contribution in [0.4, 0.5) is 6.01 Å². The highest BCUT2D eigenvalue weighted by Gasteiger charge is 2.23. The molecule has 0 unspecified atom stereocenters. The number of amides is 1. The van der Waals surface area contributed by atoms with Crippen LogP contribution in [0.2, 0.25) is 0 Å². The van der Waals surface area contributed by atoms with Gasteiger partial charge in [0.2, 0.25) is 11.8 Å². The highest BCUT2D eigenvalue weighted by molar-refractivity contribution is 6.17. The van der Waals surface area contributed by atoms with Crippen LogP contribution in [-0.2, 0) is 11.2 Å². The first-order chi connectivity index (χ1) is 8.69. The summed E-state index contributed by atoms with van der Waals surface area (Å²) in [6, 6.07) is 0.549. The van der Waals surface area contributed by atoms with E-state index >= 15 is 0 Å². The van der Waals surface area contributed by atoms with E-state index in [4.69, 9.17) is 21.8 Å². The van der Waals surface area contributed by atoms with Crippen LogP contribution in [0.5, 0.6) is 0 Å². The predicted octanol–water partition coefficient (Wildman–Crippen LogP) is 0.943. The van der Waals surface area contributed by atoms with Crippen LogP contribution in [0.1, 0.15) is 25.2 Å². The minimum Gasteiger partial charge on any atom is -0.408 e. The highest BCUT2D eigenvalue weighted by Crippen LogP contribution is 2.24. The topological polar surface area (TPSA) is 85.3 Å². The van der Waals surface area contributed by atoms with Gasteiger partial charge in [0.15, 0.2) is 0 Å². The van der Waals surface area contributed by atoms with Crippen molar-refractivity contribution in [1.82, 2.24) is 10.2 Å². The molecule has 0 bridgehead atoms. The van der Waals surface area contributed by atoms with Crippen LogP contribution >= 0.6 is 11.6 Å². The molecule has 1 saturated heterocycles. The lowest BCUT2D eigenvalue weighted by atomic mass is 9.93. The predicted molar refractivity (Wildman–Crippen MR) is 67.5 cm³/mol. The number of anilines is 1. The molecule has 1 aromatic heterocycles. The van der Waals surface area contributed by atoms with Crippen LogP contribution in [0.25, 0.3) is 0 Å². The summed E-state index contributed by atoms with van der Waals surface area (Å²) in [5.41, 5.74) is 5.20. The van der Waals surface area contributed by atoms with Crippen molar-refractivity contribution in [1.29, 1.82) is 0 Å². The number of piperidine rings is 1. The Morgan fingerprint density at radius 2 is 2.17 bits per heavy atom. The second-order valence-electron chi connectivity index (χ2n) is 4.52. The monoisotopic (exact) mass is 272 g/mol. The van der Waals surface area contributed by atoms with Gasteiger partial charge in [-0.15, -0.1) is 16.7 Å². The third-order valence-electron chi connectivity index (χ3n) is 3.14. The standard InChI is InChI=1S/C11H17ClN4O2/c12-4-1-10-14-15-11(18-10)16-5-2-8(3-6-16)7-9(13)17/h8H,1-7H2,(H2,13,17). The van der Waals surface area contributed by atoms with Crippen LogP contribution < -0.4 is 10.6 Å². The summed E-state index contributed by atoms with van der Waals surface area (Å²) in [6.45, 7) is 1.64. The largest absolute Gasteiger partial charge is 0.408 e. The van der Waals surface area contributed by atoms with Gasteiger partial charge in [-0.2, -0.15) is 0 Å². The van der Waals surface area contributed by atoms with Crippen LogP contribution in [0.3, 0.4) is 0 Å². The van der Waals surface area contributed by atoms with E-state index in [1.807, 2.05) is 4.90 Å². The molecule has 2 rings (SSSR count). The fourth-order valence-electron chi connectivity index (χ4n) is 2.17. The number of primary amides is 1. The smallest absolute Gasteiger partial charge is 0.318 e. The van der Waals surface area contributed by atoms with Gasteiger partial charge in [-0.3, -0.25) is 4.79 Å². The second kappa shape index (κ2) is 6.04. The molecule has 100 valence electrons. The van der Waals surface area contributed by atoms with E-state index in [-0.39, 0.29) is 5.91 Å². The molecular formula is C11H17ClN4O2. The molecule has 6 nitrogen and oxygen atoms in total. The van der Waals surface area contributed by atoms with Gasteiger partial charge >= 0.3 is 6.01 Å². The number of carbonyl (C=O) groups is 1. The maximum absolute atomic E-state index is 10.8. The van der Waals surface area contributed by atoms with Gasteiger partial charge in [0, 0.05) is 31.8 Å². The van der Waals surface area contributed by atoms with Gasteiger partial charge in [-0.1, -0.05) is 5.10 Å². The summed E-state index contributed by atoms with van der Waals surface area (Å²) < 4.78 is 5.51. The van der Waals surface area contributed by atoms with Gasteiger partial charge in [0.05, 0.1) is 0 Å². The van der Waals surface area contributed by atoms with Crippen molar-refractivity contribution in [2.24, 2.45) is 11.7 Å². The molecule has 2 heterocycles. The third-order valence-corrected chi connectivity index (χ3v) is 3.33. The van der Waals surface area contributed by atoms with Gasteiger partial charge in [-0.05, 0) is 18.8 Å². The zero-order valence-corrected chi connectivity index (χ0v) is 10.9. The third kappa shape index (κ3) is 3.35. The lowest BCUT2D eigenvalue weighted by Crippen LogP contribution is -2.35. The molecular weight excluding hydrogens is 256 g/mol. The summed E-state index contributed by atoms with van der Waals surface area (Å²) in [4.78, 5) is 12.9. The Kier molecular flexibility index (Phi) is 4.41. The van der Waals surface area contributed by atoms with Crippen molar-refractivity contribution >= 4 is 23.5 Å². The summed E-state index contributed by atoms with van der Waals surface area (Å²) in [7, 11) is 0. The van der Waals surface area contributed by atoms with E-state index in [1.54, 1.807) is 0 Å². The normalized spacial score (nSPS) is 17.1. The molecule has 0 aromatic carbocycles. The minimum absolute atomic E-state index is 0.226. The summed E-state index contributed by atoms with van der Waals surface area (Å²) in [6.07, 6.45) is 2.91. The Labute approximate surface area is 110 Å². The molecule has 0 radical (unpaired) electrons. The summed E-state index contributed by atoms with van der Waals surface area (Å²) in [5.74, 6) is 1.20. The lowest BCUT2D eigenvalue weighted by Gasteiger charge is -2.29. The molecule has 0 aliphatic carbocycles. The van der Waals surface area contributed by atoms with Crippen LogP contribution in [0, 0.1) is 5.92 Å². The van der Waals surface area contributed by atoms with Crippen molar-refractivity contribution in [3.8, 4) is 0 Å². The Hall–Kier alpha value is -1.30. The number of carbonyl (C=O) groups excluding carboxylic acids is 1. The van der Waals surface area contributed by atoms with E-state index in [1.165, 1.54) is 0 Å². The Balaban J connectivity index is 1.86. The second-order valence-corrected chi connectivity index (χ2v) is 4.90. The first-order valence-electron chi connectivity index (χ1n) is 6.10. The summed E-state index contributed by atoms with van der Waals surface area (Å²) in [5, 5.41) is 7.94. The first kappa shape index (κ1) is 13.1. The van der Waals surface area contributed by atoms with E-state index in [0.29, 0.717) is 36.5 Å². The number of aryl methyl sites for hydroxylation is 1. The number of alkyl halides is 1. The van der Waals surface area contributed by atoms with E-state index in [2.05, 4.69) is 10.2 Å². The van der Waals surface area contributed by atoms with Crippen LogP contribution in [0.15, 0.2) is 4.42 Å². The number of aromatic nitrogens is 2. The van der Waals surface area contributed by atoms with E-state index in [0.717, 1.165) is 25.9 Å². The van der Waals surface area contributed by atoms with E-state index in [9.17, 15) is 4.79 Å². The molecule has 18 heavy (non-hydrogen) atoms. The minimum atomic E-state index is -0.226. The Morgan fingerprint density at radius 1 is 1.44 bits per heavy atom. The van der Waals surface area contributed by atoms with Crippen molar-refractivity contribution in [3.05, 3.63) is 5.89 Å². The van der Waals surface area contributed by atoms with Crippen molar-refractivity contribution in [3.63, 3.8) is 0 Å². The first-order valence-corrected chi connectivity index (χ1v) is 6.64. The quantitative estimate of drug-likeness (QED) is 0.807. The van der Waals surface area contributed by atoms with Crippen LogP contribution in [-0.4, -0.2) is 35.1 Å². The SMILES string of the molecule is NC(=O)CC1CCN(c2nnc(CCCl)o2)CC1. The molecule has 1 fully saturated rings. The zero-order valence-electron chi connectivity index (χ0n) is 10.1. The number of hydrogen-bond donors (Lipinski definition) is 1. The maximum atomic E-state index is 10.8. The van der Waals surface area contributed by atoms with Gasteiger partial charge < -0.3 is 15.1 Å². The van der Waals surface area contributed by atoms with Gasteiger partial charge in [0.1, 0.15) is 0 Å². The average molecular weight is 273 g/mol. The zero-order chi connectivity index (χ0) is 13.0. The molecule has 1 aliphatic rings. The number of nitrogens with zero attached hydrogens (tertiary/aromatic N) is 3. The Bertz CT molecular complexity index is 402. The number of nitrogens with two attached hydrogens (primary N) is 1. The highest BCUT2D eigenvalue weighted by atomic mass is 35.5. The maximum Gasteiger partial charge on any atom is 0.318 e. The molecule has 0 saturated carbocycles. The lowest BCUT2D eigenvalue weighted by molar-refractivity contribution is -0.119. The summed E-state index contributed by atoms with van der Waals surface area (Å²) >= 11 is 5.61. The van der Waals surface area contributed by atoms with Gasteiger partial charge in [-0.25, -0.2) is 0 Å². The number of rotatable bonds is 5. The van der Waals surface area contributed by atoms with Crippen molar-refractivity contribution in [2.45, 2.75) is 25.7 Å². The van der Waals surface area contributed by atoms with Crippen molar-refractivity contribution < 1.29 is 9.21 Å². The molecule has 0 spiro atoms. The molecule has 1 aliphatic heterocycles. The molecule has 7 heteroatoms. The molecule has 1 aromatic rings. The van der Waals surface area contributed by atoms with E-state index < -0.39 is 0 Å². The molecule has 2 N–H and O–H groups in total. The number of hydrogen-bond acceptors (Lipinski definition) is 5. The van der Waals surface area contributed by atoms with Crippen molar-refractivity contribution in [2.75, 3.05) is 23.9 Å². The molecule has 1 amide bonds. The fourth-order valence-corrected chi connectivity index (χ4v) is 2.33. The van der Waals surface area contributed by atoms with Gasteiger partial charge in [0.25, 0.3) is 0 Å². The number of halogens is 1.